The first-order valence-corrected chi connectivity index (χ1v) is 17.8. The van der Waals surface area contributed by atoms with Crippen molar-refractivity contribution >= 4 is 28.5 Å². The van der Waals surface area contributed by atoms with E-state index in [4.69, 9.17) is 18.1 Å². The van der Waals surface area contributed by atoms with Gasteiger partial charge in [-0.25, -0.2) is 0 Å². The van der Waals surface area contributed by atoms with Crippen LogP contribution < -0.4 is 5.19 Å². The highest BCUT2D eigenvalue weighted by Gasteiger charge is 2.68. The van der Waals surface area contributed by atoms with Crippen LogP contribution in [-0.2, 0) is 27.2 Å². The molecule has 1 aromatic carbocycles. The molecule has 1 aliphatic rings. The van der Waals surface area contributed by atoms with E-state index in [1.165, 1.54) is 5.19 Å². The van der Waals surface area contributed by atoms with E-state index in [0.29, 0.717) is 12.8 Å². The zero-order valence-electron chi connectivity index (χ0n) is 20.6. The molecule has 2 rings (SSSR count). The summed E-state index contributed by atoms with van der Waals surface area (Å²) in [7, 11) is -9.60. The van der Waals surface area contributed by atoms with E-state index in [0.717, 1.165) is 5.57 Å². The van der Waals surface area contributed by atoms with Gasteiger partial charge in [0.1, 0.15) is 8.07 Å². The Morgan fingerprint density at radius 2 is 1.34 bits per heavy atom. The van der Waals surface area contributed by atoms with Crippen molar-refractivity contribution in [2.24, 2.45) is 5.92 Å². The van der Waals surface area contributed by atoms with E-state index < -0.39 is 28.2 Å². The fourth-order valence-electron chi connectivity index (χ4n) is 4.60. The molecule has 32 heavy (non-hydrogen) atoms. The molecule has 0 radical (unpaired) electrons. The lowest BCUT2D eigenvalue weighted by molar-refractivity contribution is 0.176. The maximum absolute atomic E-state index is 14.3. The molecule has 0 amide bonds. The van der Waals surface area contributed by atoms with Gasteiger partial charge >= 0.3 is 15.2 Å². The van der Waals surface area contributed by atoms with Crippen molar-refractivity contribution in [1.29, 1.82) is 0 Å². The first kappa shape index (κ1) is 27.7. The zero-order chi connectivity index (χ0) is 24.0. The molecular formula is C23H40O6P2Si. The van der Waals surface area contributed by atoms with E-state index in [2.05, 4.69) is 50.0 Å². The highest BCUT2D eigenvalue weighted by atomic mass is 31.2. The van der Waals surface area contributed by atoms with Crippen LogP contribution in [0.3, 0.4) is 0 Å². The van der Waals surface area contributed by atoms with Gasteiger partial charge in [-0.3, -0.25) is 9.13 Å². The van der Waals surface area contributed by atoms with Crippen LogP contribution in [0, 0.1) is 5.92 Å². The Morgan fingerprint density at radius 3 is 1.75 bits per heavy atom. The molecule has 1 unspecified atom stereocenters. The van der Waals surface area contributed by atoms with Crippen molar-refractivity contribution in [3.63, 3.8) is 0 Å². The molecule has 0 aromatic heterocycles. The van der Waals surface area contributed by atoms with Crippen LogP contribution in [0.25, 0.3) is 0 Å². The van der Waals surface area contributed by atoms with Gasteiger partial charge in [-0.15, -0.1) is 0 Å². The number of hydrogen-bond acceptors (Lipinski definition) is 6. The summed E-state index contributed by atoms with van der Waals surface area (Å²) in [5.74, 6) is 0.0500. The Balaban J connectivity index is 2.66. The Hall–Kier alpha value is -0.523. The third-order valence-corrected chi connectivity index (χ3v) is 15.5. The molecule has 182 valence electrons. The highest BCUT2D eigenvalue weighted by Crippen LogP contribution is 2.83. The van der Waals surface area contributed by atoms with Crippen LogP contribution in [0.2, 0.25) is 13.1 Å². The van der Waals surface area contributed by atoms with Crippen molar-refractivity contribution in [2.45, 2.75) is 65.5 Å². The van der Waals surface area contributed by atoms with E-state index >= 15 is 0 Å². The second-order valence-corrected chi connectivity index (χ2v) is 18.1. The van der Waals surface area contributed by atoms with Gasteiger partial charge in [-0.1, -0.05) is 66.8 Å². The number of hydrogen-bond donors (Lipinski definition) is 0. The largest absolute Gasteiger partial charge is 0.349 e. The molecule has 1 aliphatic carbocycles. The molecule has 0 saturated heterocycles. The van der Waals surface area contributed by atoms with Crippen LogP contribution >= 0.6 is 15.2 Å². The van der Waals surface area contributed by atoms with E-state index in [1.807, 2.05) is 6.07 Å². The minimum Gasteiger partial charge on any atom is -0.308 e. The monoisotopic (exact) mass is 502 g/mol. The van der Waals surface area contributed by atoms with E-state index in [-0.39, 0.29) is 32.3 Å². The average molecular weight is 503 g/mol. The van der Waals surface area contributed by atoms with Gasteiger partial charge in [0.2, 0.25) is 0 Å². The van der Waals surface area contributed by atoms with E-state index in [1.54, 1.807) is 27.7 Å². The lowest BCUT2D eigenvalue weighted by atomic mass is 10.1. The summed E-state index contributed by atoms with van der Waals surface area (Å²) in [6.45, 7) is 14.5. The summed E-state index contributed by atoms with van der Waals surface area (Å²) in [5, 5.41) is 1.31. The normalized spacial score (nSPS) is 20.7. The van der Waals surface area contributed by atoms with Gasteiger partial charge in [0, 0.05) is 0 Å². The van der Waals surface area contributed by atoms with Gasteiger partial charge in [-0.05, 0) is 46.5 Å². The van der Waals surface area contributed by atoms with Crippen molar-refractivity contribution in [3.05, 3.63) is 41.6 Å². The molecule has 1 fully saturated rings. The maximum atomic E-state index is 14.3. The standard InChI is InChI=1S/C23H40O6P2Si/c1-8-26-30(24,27-9-2)23(31(25,28-10-3)29-11-4)17-20(5)21(18-23)19-32(6,7)22-15-13-12-14-16-22/h12-16,19-20H,8-11,17-18H2,1-7H3/b21-19-. The Labute approximate surface area is 195 Å². The molecule has 1 aromatic rings. The molecular weight excluding hydrogens is 462 g/mol. The summed E-state index contributed by atoms with van der Waals surface area (Å²) in [6, 6.07) is 10.5. The van der Waals surface area contributed by atoms with Crippen LogP contribution in [0.1, 0.15) is 47.5 Å². The van der Waals surface area contributed by atoms with Crippen molar-refractivity contribution < 1.29 is 27.2 Å². The molecule has 0 N–H and O–H groups in total. The van der Waals surface area contributed by atoms with Gasteiger partial charge in [0.05, 0.1) is 26.4 Å². The fourth-order valence-corrected chi connectivity index (χ4v) is 13.2. The van der Waals surface area contributed by atoms with Gasteiger partial charge < -0.3 is 18.1 Å². The van der Waals surface area contributed by atoms with Crippen LogP contribution in [-0.4, -0.2) is 39.4 Å². The Kier molecular flexibility index (Phi) is 9.76. The predicted octanol–water partition coefficient (Wildman–Crippen LogP) is 6.73. The average Bonchev–Trinajstić information content (AvgIpc) is 3.07. The van der Waals surface area contributed by atoms with Crippen molar-refractivity contribution in [1.82, 2.24) is 0 Å². The van der Waals surface area contributed by atoms with Crippen LogP contribution in [0.5, 0.6) is 0 Å². The van der Waals surface area contributed by atoms with Crippen LogP contribution in [0.4, 0.5) is 0 Å². The molecule has 0 heterocycles. The van der Waals surface area contributed by atoms with Crippen molar-refractivity contribution in [3.8, 4) is 0 Å². The first-order chi connectivity index (χ1) is 15.0. The molecule has 9 heteroatoms. The zero-order valence-corrected chi connectivity index (χ0v) is 23.4. The molecule has 1 atom stereocenters. The lowest BCUT2D eigenvalue weighted by Gasteiger charge is -2.39. The number of benzene rings is 1. The SMILES string of the molecule is CCOP(=O)(OCC)C1(P(=O)(OCC)OCC)C/C(=C/[Si](C)(C)c2ccccc2)C(C)C1. The third-order valence-electron chi connectivity index (χ3n) is 6.03. The second kappa shape index (κ2) is 11.3. The quantitative estimate of drug-likeness (QED) is 0.233. The summed E-state index contributed by atoms with van der Waals surface area (Å²) >= 11 is 0. The molecule has 0 spiro atoms. The smallest absolute Gasteiger partial charge is 0.308 e. The van der Waals surface area contributed by atoms with Crippen LogP contribution in [0.15, 0.2) is 41.6 Å². The topological polar surface area (TPSA) is 71.1 Å². The van der Waals surface area contributed by atoms with Gasteiger partial charge in [0.25, 0.3) is 0 Å². The Bertz CT molecular complexity index is 820. The summed E-state index contributed by atoms with van der Waals surface area (Å²) in [5.41, 5.74) is 3.48. The molecule has 1 saturated carbocycles. The Morgan fingerprint density at radius 1 is 0.906 bits per heavy atom. The molecule has 0 aliphatic heterocycles. The number of allylic oxidation sites excluding steroid dienone is 1. The summed E-state index contributed by atoms with van der Waals surface area (Å²) < 4.78 is 51.7. The second-order valence-electron chi connectivity index (χ2n) is 8.74. The molecule has 0 bridgehead atoms. The first-order valence-electron chi connectivity index (χ1n) is 11.6. The van der Waals surface area contributed by atoms with Gasteiger partial charge in [-0.2, -0.15) is 0 Å². The highest BCUT2D eigenvalue weighted by molar-refractivity contribution is 7.74. The third kappa shape index (κ3) is 5.41. The van der Waals surface area contributed by atoms with E-state index in [9.17, 15) is 9.13 Å². The molecule has 6 nitrogen and oxygen atoms in total. The van der Waals surface area contributed by atoms with Crippen molar-refractivity contribution in [2.75, 3.05) is 26.4 Å². The number of rotatable bonds is 12. The summed E-state index contributed by atoms with van der Waals surface area (Å²) in [4.78, 5) is -1.36. The minimum absolute atomic E-state index is 0.0500. The maximum Gasteiger partial charge on any atom is 0.349 e. The fraction of sp³-hybridized carbons (Fsp3) is 0.652. The predicted molar refractivity (Wildman–Crippen MR) is 134 cm³/mol. The lowest BCUT2D eigenvalue weighted by Crippen LogP contribution is -2.40. The minimum atomic E-state index is -3.83. The van der Waals surface area contributed by atoms with Gasteiger partial charge in [0.15, 0.2) is 4.90 Å². The summed E-state index contributed by atoms with van der Waals surface area (Å²) in [6.07, 6.45) is 0.679.